The summed E-state index contributed by atoms with van der Waals surface area (Å²) in [6.45, 7) is 12.5. The van der Waals surface area contributed by atoms with Gasteiger partial charge in [-0.15, -0.1) is 0 Å². The highest BCUT2D eigenvalue weighted by atomic mass is 35.5. The molecule has 3 heteroatoms. The minimum atomic E-state index is 0. The van der Waals surface area contributed by atoms with E-state index < -0.39 is 0 Å². The van der Waals surface area contributed by atoms with Crippen molar-refractivity contribution in [1.29, 1.82) is 0 Å². The van der Waals surface area contributed by atoms with Gasteiger partial charge in [0.25, 0.3) is 0 Å². The maximum absolute atomic E-state index is 5.57. The number of ether oxygens (including phenoxy) is 1. The van der Waals surface area contributed by atoms with Crippen LogP contribution in [-0.2, 0) is 4.74 Å². The first-order chi connectivity index (χ1) is 6.18. The Morgan fingerprint density at radius 3 is 2.07 bits per heavy atom. The van der Waals surface area contributed by atoms with Crippen molar-refractivity contribution in [2.45, 2.75) is 52.2 Å². The molecule has 1 N–H and O–H groups in total. The van der Waals surface area contributed by atoms with E-state index in [0.29, 0.717) is 6.04 Å². The molecular weight excluding hydrogens is 198 g/mol. The van der Waals surface area contributed by atoms with Crippen LogP contribution in [0, 0.1) is 0 Å². The number of halogens is 1. The van der Waals surface area contributed by atoms with Gasteiger partial charge in [0.05, 0.1) is 19.7 Å². The van der Waals surface area contributed by atoms with E-state index in [1.54, 1.807) is 4.90 Å². The molecule has 1 heterocycles. The summed E-state index contributed by atoms with van der Waals surface area (Å²) in [6, 6.07) is 0.715. The zero-order valence-corrected chi connectivity index (χ0v) is 10.7. The summed E-state index contributed by atoms with van der Waals surface area (Å²) in [5.74, 6) is 0. The molecule has 86 valence electrons. The highest BCUT2D eigenvalue weighted by molar-refractivity contribution is 4.94. The Hall–Kier alpha value is 0.210. The molecule has 0 aromatic carbocycles. The van der Waals surface area contributed by atoms with Gasteiger partial charge >= 0.3 is 0 Å². The Morgan fingerprint density at radius 2 is 1.79 bits per heavy atom. The third-order valence-electron chi connectivity index (χ3n) is 3.32. The van der Waals surface area contributed by atoms with Crippen LogP contribution in [-0.4, -0.2) is 31.3 Å². The first-order valence-corrected chi connectivity index (χ1v) is 5.66. The van der Waals surface area contributed by atoms with Crippen LogP contribution in [0.1, 0.15) is 40.5 Å². The smallest absolute Gasteiger partial charge is 0.140 e. The molecule has 1 rings (SSSR count). The second kappa shape index (κ2) is 5.94. The van der Waals surface area contributed by atoms with Crippen molar-refractivity contribution in [3.63, 3.8) is 0 Å². The van der Waals surface area contributed by atoms with E-state index in [1.165, 1.54) is 25.9 Å². The number of nitrogens with one attached hydrogen (secondary N) is 1. The first-order valence-electron chi connectivity index (χ1n) is 5.66. The van der Waals surface area contributed by atoms with Gasteiger partial charge in [0.2, 0.25) is 0 Å². The largest absolute Gasteiger partial charge is 1.00 e. The van der Waals surface area contributed by atoms with Crippen molar-refractivity contribution in [3.05, 3.63) is 0 Å². The predicted octanol–water partition coefficient (Wildman–Crippen LogP) is -2.13. The zero-order chi connectivity index (χ0) is 9.90. The summed E-state index contributed by atoms with van der Waals surface area (Å²) < 4.78 is 5.57. The van der Waals surface area contributed by atoms with E-state index in [1.807, 2.05) is 0 Å². The van der Waals surface area contributed by atoms with Crippen molar-refractivity contribution in [1.82, 2.24) is 0 Å². The van der Waals surface area contributed by atoms with Crippen molar-refractivity contribution in [2.24, 2.45) is 0 Å². The molecule has 1 fully saturated rings. The molecule has 0 saturated carbocycles. The second-order valence-electron chi connectivity index (χ2n) is 4.31. The number of hydrogen-bond acceptors (Lipinski definition) is 1. The molecule has 1 aliphatic rings. The molecule has 0 bridgehead atoms. The van der Waals surface area contributed by atoms with Gasteiger partial charge in [-0.25, -0.2) is 0 Å². The molecule has 0 spiro atoms. The van der Waals surface area contributed by atoms with Gasteiger partial charge in [-0.2, -0.15) is 0 Å². The number of hydrogen-bond donors (Lipinski definition) is 1. The Morgan fingerprint density at radius 1 is 1.29 bits per heavy atom. The minimum Gasteiger partial charge on any atom is -1.00 e. The molecule has 0 aliphatic carbocycles. The van der Waals surface area contributed by atoms with Gasteiger partial charge < -0.3 is 22.0 Å². The van der Waals surface area contributed by atoms with Crippen LogP contribution < -0.4 is 17.3 Å². The number of likely N-dealkylation sites (N-methyl/N-ethyl adjacent to an activating group) is 1. The fraction of sp³-hybridized carbons (Fsp3) is 1.00. The quantitative estimate of drug-likeness (QED) is 0.508. The van der Waals surface area contributed by atoms with E-state index in [-0.39, 0.29) is 18.0 Å². The monoisotopic (exact) mass is 221 g/mol. The minimum absolute atomic E-state index is 0. The maximum Gasteiger partial charge on any atom is 0.140 e. The van der Waals surface area contributed by atoms with Gasteiger partial charge in [-0.3, -0.25) is 0 Å². The molecule has 1 saturated heterocycles. The van der Waals surface area contributed by atoms with E-state index in [0.717, 1.165) is 6.61 Å². The first kappa shape index (κ1) is 14.2. The van der Waals surface area contributed by atoms with Crippen LogP contribution in [0.4, 0.5) is 0 Å². The lowest BCUT2D eigenvalue weighted by Gasteiger charge is -2.29. The van der Waals surface area contributed by atoms with Crippen LogP contribution in [0.5, 0.6) is 0 Å². The second-order valence-corrected chi connectivity index (χ2v) is 4.31. The van der Waals surface area contributed by atoms with E-state index in [2.05, 4.69) is 27.7 Å². The average Bonchev–Trinajstić information content (AvgIpc) is 2.85. The molecular formula is C11H24ClNO. The Bertz CT molecular complexity index is 155. The molecule has 0 radical (unpaired) electrons. The van der Waals surface area contributed by atoms with Crippen molar-refractivity contribution >= 4 is 0 Å². The fourth-order valence-corrected chi connectivity index (χ4v) is 2.29. The van der Waals surface area contributed by atoms with Gasteiger partial charge in [0.1, 0.15) is 11.6 Å². The lowest BCUT2D eigenvalue weighted by atomic mass is 9.96. The fourth-order valence-electron chi connectivity index (χ4n) is 2.29. The van der Waals surface area contributed by atoms with Crippen LogP contribution in [0.25, 0.3) is 0 Å². The molecule has 14 heavy (non-hydrogen) atoms. The van der Waals surface area contributed by atoms with Gasteiger partial charge in [-0.05, 0) is 20.8 Å². The van der Waals surface area contributed by atoms with Gasteiger partial charge in [-0.1, -0.05) is 13.3 Å². The third kappa shape index (κ3) is 3.11. The standard InChI is InChI=1S/C11H23NO.ClH/c1-5-8-10(11(4)9-13-11)12(6-2)7-3;/h10H,5-9H2,1-4H3;1H. The molecule has 1 aliphatic heterocycles. The zero-order valence-electron chi connectivity index (χ0n) is 9.90. The summed E-state index contributed by atoms with van der Waals surface area (Å²) in [5.41, 5.74) is 0.206. The van der Waals surface area contributed by atoms with Gasteiger partial charge in [0, 0.05) is 6.42 Å². The number of epoxide rings is 1. The molecule has 2 atom stereocenters. The summed E-state index contributed by atoms with van der Waals surface area (Å²) in [7, 11) is 0. The molecule has 0 aromatic heterocycles. The van der Waals surface area contributed by atoms with Crippen LogP contribution in [0.3, 0.4) is 0 Å². The summed E-state index contributed by atoms with van der Waals surface area (Å²) in [6.07, 6.45) is 2.57. The molecule has 2 unspecified atom stereocenters. The SMILES string of the molecule is CCCC([NH+](CC)CC)C1(C)CO1.[Cl-]. The van der Waals surface area contributed by atoms with Crippen LogP contribution >= 0.6 is 0 Å². The Labute approximate surface area is 94.4 Å². The predicted molar refractivity (Wildman–Crippen MR) is 55.1 cm³/mol. The normalized spacial score (nSPS) is 27.2. The van der Waals surface area contributed by atoms with E-state index >= 15 is 0 Å². The summed E-state index contributed by atoms with van der Waals surface area (Å²) in [4.78, 5) is 1.70. The van der Waals surface area contributed by atoms with E-state index in [9.17, 15) is 0 Å². The molecule has 0 aromatic rings. The average molecular weight is 222 g/mol. The van der Waals surface area contributed by atoms with E-state index in [4.69, 9.17) is 4.74 Å². The third-order valence-corrected chi connectivity index (χ3v) is 3.32. The number of quaternary nitrogens is 1. The van der Waals surface area contributed by atoms with Crippen molar-refractivity contribution in [3.8, 4) is 0 Å². The van der Waals surface area contributed by atoms with Crippen molar-refractivity contribution in [2.75, 3.05) is 19.7 Å². The summed E-state index contributed by atoms with van der Waals surface area (Å²) >= 11 is 0. The van der Waals surface area contributed by atoms with Crippen molar-refractivity contribution < 1.29 is 22.0 Å². The lowest BCUT2D eigenvalue weighted by Crippen LogP contribution is -3.16. The number of rotatable bonds is 6. The van der Waals surface area contributed by atoms with Gasteiger partial charge in [0.15, 0.2) is 0 Å². The Kier molecular flexibility index (Phi) is 6.03. The highest BCUT2D eigenvalue weighted by Crippen LogP contribution is 2.30. The molecule has 0 amide bonds. The lowest BCUT2D eigenvalue weighted by molar-refractivity contribution is -0.926. The molecule has 2 nitrogen and oxygen atoms in total. The Balaban J connectivity index is 0.00000169. The maximum atomic E-state index is 5.57. The van der Waals surface area contributed by atoms with Crippen LogP contribution in [0.15, 0.2) is 0 Å². The highest BCUT2D eigenvalue weighted by Gasteiger charge is 2.51. The van der Waals surface area contributed by atoms with Crippen LogP contribution in [0.2, 0.25) is 0 Å². The summed E-state index contributed by atoms with van der Waals surface area (Å²) in [5, 5.41) is 0. The topological polar surface area (TPSA) is 17.0 Å².